The Kier molecular flexibility index (Phi) is 3.12. The van der Waals surface area contributed by atoms with E-state index >= 15 is 0 Å². The van der Waals surface area contributed by atoms with Gasteiger partial charge in [0.05, 0.1) is 5.52 Å². The Bertz CT molecular complexity index is 650. The van der Waals surface area contributed by atoms with Crippen LogP contribution >= 0.6 is 11.8 Å². The summed E-state index contributed by atoms with van der Waals surface area (Å²) in [6, 6.07) is 5.70. The van der Waals surface area contributed by atoms with E-state index in [4.69, 9.17) is 0 Å². The quantitative estimate of drug-likeness (QED) is 0.729. The van der Waals surface area contributed by atoms with Gasteiger partial charge in [-0.1, -0.05) is 18.2 Å². The molecule has 19 heavy (non-hydrogen) atoms. The largest absolute Gasteiger partial charge is 0.352 e. The summed E-state index contributed by atoms with van der Waals surface area (Å²) in [6.07, 6.45) is 1.83. The molecule has 1 aliphatic rings. The number of thioether (sulfide) groups is 1. The summed E-state index contributed by atoms with van der Waals surface area (Å²) in [6.45, 7) is 2.05. The number of nitrogens with one attached hydrogen (secondary N) is 3. The van der Waals surface area contributed by atoms with E-state index in [1.807, 2.05) is 24.3 Å². The molecule has 6 nitrogen and oxygen atoms in total. The topological polar surface area (TPSA) is 82.7 Å². The fourth-order valence-corrected chi connectivity index (χ4v) is 2.65. The number of benzene rings is 1. The average molecular weight is 275 g/mol. The number of fused-ring (bicyclic) bond motifs is 1. The number of aromatic amines is 1. The van der Waals surface area contributed by atoms with E-state index in [0.717, 1.165) is 22.3 Å². The number of carbonyl (C=O) groups is 1. The first-order valence-electron chi connectivity index (χ1n) is 5.98. The third-order valence-electron chi connectivity index (χ3n) is 2.79. The minimum atomic E-state index is -0.0752. The summed E-state index contributed by atoms with van der Waals surface area (Å²) < 4.78 is 0. The maximum absolute atomic E-state index is 11.8. The van der Waals surface area contributed by atoms with Crippen molar-refractivity contribution in [2.45, 2.75) is 12.4 Å². The maximum atomic E-state index is 11.8. The average Bonchev–Trinajstić information content (AvgIpc) is 2.97. The van der Waals surface area contributed by atoms with Crippen LogP contribution in [-0.4, -0.2) is 32.6 Å². The molecule has 1 unspecified atom stereocenters. The minimum Gasteiger partial charge on any atom is -0.352 e. The third-order valence-corrected chi connectivity index (χ3v) is 3.69. The Morgan fingerprint density at radius 2 is 2.32 bits per heavy atom. The second kappa shape index (κ2) is 4.93. The molecule has 0 spiro atoms. The number of hydrogen-bond acceptors (Lipinski definition) is 5. The number of amides is 1. The minimum absolute atomic E-state index is 0.0405. The number of carbonyl (C=O) groups excluding carboxylic acids is 1. The molecule has 1 amide bonds. The van der Waals surface area contributed by atoms with Crippen LogP contribution in [0, 0.1) is 0 Å². The highest BCUT2D eigenvalue weighted by molar-refractivity contribution is 7.99. The summed E-state index contributed by atoms with van der Waals surface area (Å²) in [5, 5.41) is 16.5. The smallest absolute Gasteiger partial charge is 0.269 e. The van der Waals surface area contributed by atoms with Crippen molar-refractivity contribution in [3.63, 3.8) is 0 Å². The molecular formula is C12H13N5OS. The van der Waals surface area contributed by atoms with Crippen molar-refractivity contribution in [1.29, 1.82) is 0 Å². The van der Waals surface area contributed by atoms with E-state index in [-0.39, 0.29) is 11.4 Å². The number of rotatable bonds is 3. The van der Waals surface area contributed by atoms with Crippen LogP contribution in [0.3, 0.4) is 0 Å². The Labute approximate surface area is 114 Å². The van der Waals surface area contributed by atoms with Crippen molar-refractivity contribution < 1.29 is 4.79 Å². The highest BCUT2D eigenvalue weighted by atomic mass is 32.2. The van der Waals surface area contributed by atoms with Gasteiger partial charge in [0.15, 0.2) is 0 Å². The van der Waals surface area contributed by atoms with Gasteiger partial charge in [0.2, 0.25) is 0 Å². The number of hydrogen-bond donors (Lipinski definition) is 3. The molecule has 0 saturated carbocycles. The molecule has 3 rings (SSSR count). The number of H-pyrrole nitrogens is 1. The van der Waals surface area contributed by atoms with Gasteiger partial charge < -0.3 is 10.6 Å². The van der Waals surface area contributed by atoms with Gasteiger partial charge in [-0.15, -0.1) is 16.9 Å². The van der Waals surface area contributed by atoms with Gasteiger partial charge in [-0.3, -0.25) is 9.89 Å². The lowest BCUT2D eigenvalue weighted by Crippen LogP contribution is -2.28. The Balaban J connectivity index is 1.86. The number of nitrogens with zero attached hydrogens (tertiary/aromatic N) is 2. The number of aromatic nitrogens is 3. The zero-order valence-corrected chi connectivity index (χ0v) is 11.1. The monoisotopic (exact) mass is 275 g/mol. The molecule has 7 heteroatoms. The fourth-order valence-electron chi connectivity index (χ4n) is 1.92. The molecule has 0 bridgehead atoms. The second-order valence-electron chi connectivity index (χ2n) is 4.10. The molecule has 1 atom stereocenters. The highest BCUT2D eigenvalue weighted by Crippen LogP contribution is 2.17. The summed E-state index contributed by atoms with van der Waals surface area (Å²) >= 11 is 1.65. The first kappa shape index (κ1) is 12.0. The molecule has 0 aliphatic carbocycles. The second-order valence-corrected chi connectivity index (χ2v) is 5.48. The normalized spacial score (nSPS) is 20.8. The summed E-state index contributed by atoms with van der Waals surface area (Å²) in [5.74, 6) is 0.866. The zero-order valence-electron chi connectivity index (χ0n) is 10.3. The van der Waals surface area contributed by atoms with Crippen LogP contribution in [0.25, 0.3) is 17.1 Å². The molecular weight excluding hydrogens is 262 g/mol. The van der Waals surface area contributed by atoms with Crippen LogP contribution in [0.1, 0.15) is 12.5 Å². The van der Waals surface area contributed by atoms with Crippen LogP contribution in [-0.2, 0) is 4.79 Å². The predicted octanol–water partition coefficient (Wildman–Crippen LogP) is 1.05. The van der Waals surface area contributed by atoms with E-state index in [0.29, 0.717) is 5.70 Å². The molecule has 1 aliphatic heterocycles. The Hall–Kier alpha value is -2.02. The molecule has 1 saturated heterocycles. The van der Waals surface area contributed by atoms with Crippen molar-refractivity contribution in [1.82, 2.24) is 26.0 Å². The molecule has 1 aromatic carbocycles. The fraction of sp³-hybridized carbons (Fsp3) is 0.250. The van der Waals surface area contributed by atoms with Gasteiger partial charge in [-0.05, 0) is 29.5 Å². The predicted molar refractivity (Wildman–Crippen MR) is 75.1 cm³/mol. The highest BCUT2D eigenvalue weighted by Gasteiger charge is 2.24. The summed E-state index contributed by atoms with van der Waals surface area (Å²) in [5.41, 5.74) is 3.13. The lowest BCUT2D eigenvalue weighted by Gasteiger charge is -2.07. The van der Waals surface area contributed by atoms with Crippen molar-refractivity contribution >= 4 is 34.8 Å². The lowest BCUT2D eigenvalue weighted by atomic mass is 10.1. The van der Waals surface area contributed by atoms with Crippen molar-refractivity contribution in [3.8, 4) is 0 Å². The zero-order chi connectivity index (χ0) is 13.2. The van der Waals surface area contributed by atoms with E-state index in [1.165, 1.54) is 0 Å². The molecule has 98 valence electrons. The van der Waals surface area contributed by atoms with Gasteiger partial charge in [-0.2, -0.15) is 0 Å². The van der Waals surface area contributed by atoms with E-state index in [2.05, 4.69) is 33.0 Å². The van der Waals surface area contributed by atoms with Crippen LogP contribution in [0.15, 0.2) is 23.9 Å². The van der Waals surface area contributed by atoms with Crippen molar-refractivity contribution in [2.75, 3.05) is 5.75 Å². The van der Waals surface area contributed by atoms with Gasteiger partial charge in [-0.25, -0.2) is 0 Å². The van der Waals surface area contributed by atoms with E-state index in [9.17, 15) is 4.79 Å². The van der Waals surface area contributed by atoms with Crippen LogP contribution in [0.2, 0.25) is 0 Å². The van der Waals surface area contributed by atoms with E-state index in [1.54, 1.807) is 11.8 Å². The van der Waals surface area contributed by atoms with Crippen molar-refractivity contribution in [2.24, 2.45) is 0 Å². The van der Waals surface area contributed by atoms with Crippen LogP contribution in [0.4, 0.5) is 0 Å². The van der Waals surface area contributed by atoms with Crippen LogP contribution in [0.5, 0.6) is 0 Å². The van der Waals surface area contributed by atoms with Crippen LogP contribution < -0.4 is 10.6 Å². The molecule has 3 N–H and O–H groups in total. The SMILES string of the molecule is CCSC1NC(=O)/C(=C/c2ccc3nn[nH]c3c2)N1. The Morgan fingerprint density at radius 1 is 1.42 bits per heavy atom. The molecule has 1 fully saturated rings. The first-order valence-corrected chi connectivity index (χ1v) is 7.02. The van der Waals surface area contributed by atoms with Gasteiger partial charge in [0, 0.05) is 0 Å². The van der Waals surface area contributed by atoms with Gasteiger partial charge in [0.25, 0.3) is 5.91 Å². The summed E-state index contributed by atoms with van der Waals surface area (Å²) in [4.78, 5) is 11.8. The van der Waals surface area contributed by atoms with Crippen molar-refractivity contribution in [3.05, 3.63) is 29.5 Å². The molecule has 2 aromatic rings. The van der Waals surface area contributed by atoms with Gasteiger partial charge >= 0.3 is 0 Å². The molecule has 0 radical (unpaired) electrons. The van der Waals surface area contributed by atoms with Gasteiger partial charge in [0.1, 0.15) is 16.7 Å². The molecule has 2 heterocycles. The Morgan fingerprint density at radius 3 is 3.16 bits per heavy atom. The standard InChI is InChI=1S/C12H13N5OS/c1-2-19-12-13-10(11(18)14-12)6-7-3-4-8-9(5-7)16-17-15-8/h3-6,12-13H,2H2,1H3,(H,14,18)(H,15,16,17)/b10-6-. The maximum Gasteiger partial charge on any atom is 0.269 e. The summed E-state index contributed by atoms with van der Waals surface area (Å²) in [7, 11) is 0. The third kappa shape index (κ3) is 2.41. The first-order chi connectivity index (χ1) is 9.26. The lowest BCUT2D eigenvalue weighted by molar-refractivity contribution is -0.116. The molecule has 1 aromatic heterocycles. The van der Waals surface area contributed by atoms with E-state index < -0.39 is 0 Å².